The number of hydrogen-bond donors (Lipinski definition) is 4. The molecule has 10 nitrogen and oxygen atoms in total. The van der Waals surface area contributed by atoms with Crippen LogP contribution >= 0.6 is 23.1 Å². The molecule has 0 aliphatic carbocycles. The van der Waals surface area contributed by atoms with Gasteiger partial charge in [0.15, 0.2) is 16.6 Å². The van der Waals surface area contributed by atoms with Crippen molar-refractivity contribution < 1.29 is 37.3 Å². The number of likely N-dealkylation sites (N-methyl/N-ethyl adjacent to an activating group) is 1. The summed E-state index contributed by atoms with van der Waals surface area (Å²) >= 11 is 6.04. The zero-order chi connectivity index (χ0) is 25.3. The van der Waals surface area contributed by atoms with Crippen LogP contribution in [-0.4, -0.2) is 59.3 Å². The monoisotopic (exact) mass is 525 g/mol. The van der Waals surface area contributed by atoms with Gasteiger partial charge in [-0.15, -0.1) is 4.37 Å². The molecule has 0 spiro atoms. The number of aromatic nitrogens is 1. The molecule has 15 heteroatoms. The largest absolute Gasteiger partial charge is 0.469 e. The van der Waals surface area contributed by atoms with Gasteiger partial charge in [0.25, 0.3) is 5.88 Å². The highest BCUT2D eigenvalue weighted by atomic mass is 35.5. The molecule has 2 aromatic rings. The van der Waals surface area contributed by atoms with E-state index in [0.29, 0.717) is 43.7 Å². The van der Waals surface area contributed by atoms with E-state index in [0.717, 1.165) is 6.54 Å². The first kappa shape index (κ1) is 27.4. The first-order valence-corrected chi connectivity index (χ1v) is 11.1. The van der Waals surface area contributed by atoms with E-state index in [4.69, 9.17) is 31.9 Å². The molecule has 3 amide bonds. The summed E-state index contributed by atoms with van der Waals surface area (Å²) in [5.74, 6) is -4.95. The molecule has 5 N–H and O–H groups in total. The highest BCUT2D eigenvalue weighted by molar-refractivity contribution is 7.11. The maximum Gasteiger partial charge on any atom is 0.410 e. The van der Waals surface area contributed by atoms with Crippen molar-refractivity contribution in [1.82, 2.24) is 14.6 Å². The summed E-state index contributed by atoms with van der Waals surface area (Å²) in [6, 6.07) is -0.0620. The van der Waals surface area contributed by atoms with Gasteiger partial charge in [-0.05, 0) is 37.1 Å². The van der Waals surface area contributed by atoms with Crippen LogP contribution in [0, 0.1) is 17.5 Å². The molecule has 0 atom stereocenters. The van der Waals surface area contributed by atoms with Crippen molar-refractivity contribution in [2.45, 2.75) is 20.0 Å². The molecule has 34 heavy (non-hydrogen) atoms. The number of carbonyl (C=O) groups excluding carboxylic acids is 2. The molecular formula is C19H23ClF3N5O5S. The lowest BCUT2D eigenvalue weighted by molar-refractivity contribution is 0.200. The summed E-state index contributed by atoms with van der Waals surface area (Å²) in [6.07, 6.45) is -0.649. The minimum Gasteiger partial charge on any atom is -0.469 e. The van der Waals surface area contributed by atoms with Crippen molar-refractivity contribution in [3.8, 4) is 11.6 Å². The Bertz CT molecular complexity index is 1010. The summed E-state index contributed by atoms with van der Waals surface area (Å²) in [5.41, 5.74) is 4.26. The van der Waals surface area contributed by atoms with Crippen LogP contribution < -0.4 is 25.8 Å². The van der Waals surface area contributed by atoms with Crippen LogP contribution in [0.1, 0.15) is 18.9 Å². The molecular weight excluding hydrogens is 503 g/mol. The summed E-state index contributed by atoms with van der Waals surface area (Å²) < 4.78 is 55.4. The number of anilines is 1. The molecule has 1 heterocycles. The van der Waals surface area contributed by atoms with Crippen molar-refractivity contribution >= 4 is 40.3 Å². The fourth-order valence-electron chi connectivity index (χ4n) is 2.73. The van der Waals surface area contributed by atoms with E-state index in [9.17, 15) is 22.8 Å². The fourth-order valence-corrected chi connectivity index (χ4v) is 3.57. The van der Waals surface area contributed by atoms with Crippen LogP contribution in [0.25, 0.3) is 0 Å². The van der Waals surface area contributed by atoms with Crippen molar-refractivity contribution in [1.29, 1.82) is 0 Å². The number of nitrogens with two attached hydrogens (primary N) is 1. The summed E-state index contributed by atoms with van der Waals surface area (Å²) in [7, 11) is 0. The first-order chi connectivity index (χ1) is 16.2. The Morgan fingerprint density at radius 1 is 1.29 bits per heavy atom. The third kappa shape index (κ3) is 7.62. The number of primary amides is 1. The van der Waals surface area contributed by atoms with Gasteiger partial charge in [-0.3, -0.25) is 5.32 Å². The minimum atomic E-state index is -1.55. The average Bonchev–Trinajstić information content (AvgIpc) is 3.14. The second kappa shape index (κ2) is 13.2. The number of rotatable bonds is 12. The highest BCUT2D eigenvalue weighted by Crippen LogP contribution is 2.39. The summed E-state index contributed by atoms with van der Waals surface area (Å²) in [4.78, 5) is 25.4. The Hall–Kier alpha value is -2.81. The van der Waals surface area contributed by atoms with Gasteiger partial charge in [0, 0.05) is 13.1 Å². The van der Waals surface area contributed by atoms with Gasteiger partial charge in [-0.1, -0.05) is 18.5 Å². The van der Waals surface area contributed by atoms with Crippen molar-refractivity contribution in [2.75, 3.05) is 38.1 Å². The number of aliphatic hydroxyl groups is 1. The second-order valence-electron chi connectivity index (χ2n) is 6.69. The van der Waals surface area contributed by atoms with Crippen molar-refractivity contribution in [3.05, 3.63) is 34.1 Å². The number of amides is 3. The number of nitrogens with zero attached hydrogens (tertiary/aromatic N) is 2. The Morgan fingerprint density at radius 2 is 2.03 bits per heavy atom. The third-order valence-corrected chi connectivity index (χ3v) is 5.41. The highest BCUT2D eigenvalue weighted by Gasteiger charge is 2.24. The van der Waals surface area contributed by atoms with Crippen LogP contribution in [-0.2, 0) is 6.61 Å². The number of ether oxygens (including phenoxy) is 2. The lowest BCUT2D eigenvalue weighted by atomic mass is 10.2. The molecule has 188 valence electrons. The van der Waals surface area contributed by atoms with Crippen LogP contribution in [0.15, 0.2) is 6.07 Å². The normalized spacial score (nSPS) is 10.9. The topological polar surface area (TPSA) is 139 Å². The van der Waals surface area contributed by atoms with E-state index in [2.05, 4.69) is 15.0 Å². The van der Waals surface area contributed by atoms with Gasteiger partial charge in [-0.25, -0.2) is 22.8 Å². The molecule has 0 aliphatic heterocycles. The number of aliphatic hydroxyl groups excluding tert-OH is 1. The maximum atomic E-state index is 14.0. The molecule has 2 rings (SSSR count). The molecule has 0 aliphatic rings. The predicted molar refractivity (Wildman–Crippen MR) is 119 cm³/mol. The van der Waals surface area contributed by atoms with E-state index in [1.54, 1.807) is 0 Å². The molecule has 1 aromatic heterocycles. The van der Waals surface area contributed by atoms with Gasteiger partial charge in [-0.2, -0.15) is 0 Å². The average molecular weight is 526 g/mol. The molecule has 0 radical (unpaired) electrons. The van der Waals surface area contributed by atoms with E-state index in [-0.39, 0.29) is 17.4 Å². The van der Waals surface area contributed by atoms with Gasteiger partial charge in [0.1, 0.15) is 12.4 Å². The Labute approximate surface area is 201 Å². The Balaban J connectivity index is 2.03. The van der Waals surface area contributed by atoms with Crippen LogP contribution in [0.3, 0.4) is 0 Å². The smallest absolute Gasteiger partial charge is 0.410 e. The Kier molecular flexibility index (Phi) is 10.6. The number of hydrogen-bond acceptors (Lipinski definition) is 8. The lowest BCUT2D eigenvalue weighted by Crippen LogP contribution is -2.33. The van der Waals surface area contributed by atoms with Gasteiger partial charge in [0.2, 0.25) is 5.75 Å². The quantitative estimate of drug-likeness (QED) is 0.190. The van der Waals surface area contributed by atoms with Crippen LogP contribution in [0.2, 0.25) is 5.02 Å². The van der Waals surface area contributed by atoms with E-state index >= 15 is 0 Å². The van der Waals surface area contributed by atoms with Gasteiger partial charge in [0.05, 0.1) is 17.2 Å². The van der Waals surface area contributed by atoms with Gasteiger partial charge < -0.3 is 30.5 Å². The van der Waals surface area contributed by atoms with E-state index in [1.165, 1.54) is 0 Å². The Morgan fingerprint density at radius 3 is 2.68 bits per heavy atom. The molecule has 0 saturated carbocycles. The zero-order valence-corrected chi connectivity index (χ0v) is 19.6. The second-order valence-corrected chi connectivity index (χ2v) is 7.88. The van der Waals surface area contributed by atoms with E-state index < -0.39 is 52.6 Å². The van der Waals surface area contributed by atoms with Crippen molar-refractivity contribution in [3.63, 3.8) is 0 Å². The molecule has 0 fully saturated rings. The van der Waals surface area contributed by atoms with E-state index in [1.807, 2.05) is 11.8 Å². The zero-order valence-electron chi connectivity index (χ0n) is 18.0. The molecule has 0 saturated heterocycles. The van der Waals surface area contributed by atoms with Gasteiger partial charge >= 0.3 is 12.1 Å². The predicted octanol–water partition coefficient (Wildman–Crippen LogP) is 3.08. The number of halogens is 4. The molecule has 1 aromatic carbocycles. The first-order valence-electron chi connectivity index (χ1n) is 9.97. The minimum absolute atomic E-state index is 0.0341. The molecule has 0 bridgehead atoms. The number of benzene rings is 1. The van der Waals surface area contributed by atoms with Crippen LogP contribution in [0.5, 0.6) is 11.6 Å². The number of urea groups is 1. The number of nitrogens with one attached hydrogen (secondary N) is 2. The lowest BCUT2D eigenvalue weighted by Gasteiger charge is -2.18. The molecule has 0 unspecified atom stereocenters. The summed E-state index contributed by atoms with van der Waals surface area (Å²) in [6.45, 7) is 3.40. The maximum absolute atomic E-state index is 14.0. The summed E-state index contributed by atoms with van der Waals surface area (Å²) in [5, 5.41) is 13.2. The third-order valence-electron chi connectivity index (χ3n) is 4.41. The SMILES string of the molecule is CCN(CCO)CCCNC(=O)Nc1snc(OCc2c(F)cc(Cl)c(F)c2F)c1OC(N)=O. The number of carbonyl (C=O) groups is 2. The van der Waals surface area contributed by atoms with Crippen molar-refractivity contribution in [2.24, 2.45) is 5.73 Å². The standard InChI is InChI=1S/C19H23ClF3N5O5S/c1-2-28(6-7-29)5-3-4-25-19(31)26-17-15(33-18(24)30)16(27-34-17)32-9-10-12(21)8-11(20)14(23)13(10)22/h8,29H,2-7,9H2,1H3,(H2,24,30)(H2,25,26,31). The fraction of sp³-hybridized carbons (Fsp3) is 0.421. The van der Waals surface area contributed by atoms with Crippen LogP contribution in [0.4, 0.5) is 27.8 Å².